The van der Waals surface area contributed by atoms with Crippen molar-refractivity contribution in [3.05, 3.63) is 40.2 Å². The van der Waals surface area contributed by atoms with Gasteiger partial charge in [-0.05, 0) is 42.8 Å². The molecule has 0 aliphatic carbocycles. The summed E-state index contributed by atoms with van der Waals surface area (Å²) in [5, 5.41) is 0.216. The molecule has 0 bridgehead atoms. The van der Waals surface area contributed by atoms with Gasteiger partial charge in [0.15, 0.2) is 0 Å². The van der Waals surface area contributed by atoms with Crippen LogP contribution in [-0.4, -0.2) is 17.4 Å². The molecule has 2 aromatic rings. The van der Waals surface area contributed by atoms with Gasteiger partial charge >= 0.3 is 11.1 Å². The molecule has 1 aromatic heterocycles. The molecule has 7 heteroatoms. The lowest BCUT2D eigenvalue weighted by molar-refractivity contribution is -0.0333. The first kappa shape index (κ1) is 16.7. The fourth-order valence-electron chi connectivity index (χ4n) is 2.02. The van der Waals surface area contributed by atoms with Gasteiger partial charge in [-0.25, -0.2) is 4.79 Å². The molecule has 1 heterocycles. The number of hydrogen-bond donors (Lipinski definition) is 0. The van der Waals surface area contributed by atoms with Crippen LogP contribution in [0.3, 0.4) is 0 Å². The van der Waals surface area contributed by atoms with Crippen LogP contribution >= 0.6 is 11.8 Å². The van der Waals surface area contributed by atoms with Crippen molar-refractivity contribution < 1.29 is 22.3 Å². The predicted molar refractivity (Wildman–Crippen MR) is 80.4 cm³/mol. The van der Waals surface area contributed by atoms with Gasteiger partial charge in [0.1, 0.15) is 11.3 Å². The molecule has 1 aromatic carbocycles. The zero-order valence-corrected chi connectivity index (χ0v) is 12.9. The highest BCUT2D eigenvalue weighted by Crippen LogP contribution is 2.35. The Morgan fingerprint density at radius 2 is 2.05 bits per heavy atom. The first-order valence-corrected chi connectivity index (χ1v) is 7.54. The van der Waals surface area contributed by atoms with E-state index in [1.807, 2.05) is 0 Å². The zero-order chi connectivity index (χ0) is 16.3. The highest BCUT2D eigenvalue weighted by molar-refractivity contribution is 8.00. The average Bonchev–Trinajstić information content (AvgIpc) is 2.35. The molecule has 0 aliphatic heterocycles. The van der Waals surface area contributed by atoms with Crippen LogP contribution in [-0.2, 0) is 0 Å². The molecule has 1 unspecified atom stereocenters. The Morgan fingerprint density at radius 1 is 1.32 bits per heavy atom. The van der Waals surface area contributed by atoms with Crippen molar-refractivity contribution in [1.82, 2.24) is 0 Å². The van der Waals surface area contributed by atoms with E-state index in [4.69, 9.17) is 9.15 Å². The second-order valence-electron chi connectivity index (χ2n) is 4.92. The van der Waals surface area contributed by atoms with Gasteiger partial charge in [-0.1, -0.05) is 6.92 Å². The smallest absolute Gasteiger partial charge is 0.442 e. The van der Waals surface area contributed by atoms with Gasteiger partial charge in [0.05, 0.1) is 6.61 Å². The van der Waals surface area contributed by atoms with Gasteiger partial charge in [-0.15, -0.1) is 0 Å². The van der Waals surface area contributed by atoms with Crippen LogP contribution in [0.5, 0.6) is 5.75 Å². The fourth-order valence-corrected chi connectivity index (χ4v) is 2.70. The van der Waals surface area contributed by atoms with Crippen LogP contribution in [0.4, 0.5) is 13.2 Å². The van der Waals surface area contributed by atoms with Crippen LogP contribution in [0, 0.1) is 6.92 Å². The Labute approximate surface area is 129 Å². The van der Waals surface area contributed by atoms with Gasteiger partial charge < -0.3 is 9.15 Å². The Morgan fingerprint density at radius 3 is 2.73 bits per heavy atom. The van der Waals surface area contributed by atoms with E-state index >= 15 is 0 Å². The minimum atomic E-state index is -4.23. The quantitative estimate of drug-likeness (QED) is 0.755. The molecule has 0 amide bonds. The third-order valence-corrected chi connectivity index (χ3v) is 3.96. The summed E-state index contributed by atoms with van der Waals surface area (Å²) in [6, 6.07) is 6.44. The van der Waals surface area contributed by atoms with E-state index in [2.05, 4.69) is 0 Å². The lowest BCUT2D eigenvalue weighted by Crippen LogP contribution is -2.12. The summed E-state index contributed by atoms with van der Waals surface area (Å²) in [7, 11) is 0. The number of rotatable bonds is 5. The number of aryl methyl sites for hydroxylation is 1. The topological polar surface area (TPSA) is 39.4 Å². The first-order valence-electron chi connectivity index (χ1n) is 6.66. The molecule has 0 aliphatic rings. The van der Waals surface area contributed by atoms with E-state index in [-0.39, 0.29) is 24.8 Å². The zero-order valence-electron chi connectivity index (χ0n) is 12.1. The molecule has 0 saturated heterocycles. The molecule has 2 rings (SSSR count). The summed E-state index contributed by atoms with van der Waals surface area (Å²) in [6.45, 7) is 3.46. The monoisotopic (exact) mass is 332 g/mol. The molecule has 22 heavy (non-hydrogen) atoms. The van der Waals surface area contributed by atoms with E-state index < -0.39 is 16.4 Å². The van der Waals surface area contributed by atoms with E-state index in [1.54, 1.807) is 25.1 Å². The minimum absolute atomic E-state index is 0.0415. The van der Waals surface area contributed by atoms with E-state index in [1.165, 1.54) is 13.0 Å². The lowest BCUT2D eigenvalue weighted by atomic mass is 10.1. The molecule has 0 N–H and O–H groups in total. The number of ether oxygens (including phenoxy) is 1. The second-order valence-corrected chi connectivity index (χ2v) is 6.42. The maximum Gasteiger partial charge on any atom is 0.442 e. The van der Waals surface area contributed by atoms with E-state index in [0.717, 1.165) is 10.9 Å². The number of halogens is 3. The van der Waals surface area contributed by atoms with Gasteiger partial charge in [0, 0.05) is 22.8 Å². The molecular formula is C15H15F3O3S. The third-order valence-electron chi connectivity index (χ3n) is 3.05. The van der Waals surface area contributed by atoms with Crippen molar-refractivity contribution in [2.45, 2.75) is 31.0 Å². The van der Waals surface area contributed by atoms with Crippen molar-refractivity contribution in [3.8, 4) is 5.75 Å². The van der Waals surface area contributed by atoms with Crippen LogP contribution < -0.4 is 10.4 Å². The number of thioether (sulfide) groups is 1. The second kappa shape index (κ2) is 6.64. The van der Waals surface area contributed by atoms with Crippen molar-refractivity contribution in [2.75, 3.05) is 6.61 Å². The maximum atomic E-state index is 12.2. The SMILES string of the molecule is Cc1cc(=O)oc2cc(OCCC(C)SC(F)(F)F)ccc12. The molecular weight excluding hydrogens is 317 g/mol. The van der Waals surface area contributed by atoms with Gasteiger partial charge in [0.25, 0.3) is 0 Å². The van der Waals surface area contributed by atoms with Crippen LogP contribution in [0.2, 0.25) is 0 Å². The van der Waals surface area contributed by atoms with E-state index in [9.17, 15) is 18.0 Å². The number of benzene rings is 1. The number of alkyl halides is 3. The Balaban J connectivity index is 1.99. The van der Waals surface area contributed by atoms with Crippen LogP contribution in [0.15, 0.2) is 33.5 Å². The summed E-state index contributed by atoms with van der Waals surface area (Å²) in [4.78, 5) is 11.3. The molecule has 120 valence electrons. The van der Waals surface area contributed by atoms with Gasteiger partial charge in [0.2, 0.25) is 0 Å². The molecule has 0 radical (unpaired) electrons. The third kappa shape index (κ3) is 4.69. The largest absolute Gasteiger partial charge is 0.493 e. The predicted octanol–water partition coefficient (Wildman–Crippen LogP) is 4.51. The molecule has 1 atom stereocenters. The lowest BCUT2D eigenvalue weighted by Gasteiger charge is -2.14. The highest BCUT2D eigenvalue weighted by atomic mass is 32.2. The van der Waals surface area contributed by atoms with Gasteiger partial charge in [-0.2, -0.15) is 13.2 Å². The molecule has 0 spiro atoms. The fraction of sp³-hybridized carbons (Fsp3) is 0.400. The highest BCUT2D eigenvalue weighted by Gasteiger charge is 2.30. The molecule has 0 fully saturated rings. The summed E-state index contributed by atoms with van der Waals surface area (Å²) in [5.41, 5.74) is -3.48. The normalized spacial score (nSPS) is 13.3. The first-order chi connectivity index (χ1) is 10.2. The summed E-state index contributed by atoms with van der Waals surface area (Å²) < 4.78 is 47.1. The summed E-state index contributed by atoms with van der Waals surface area (Å²) in [5.74, 6) is 0.463. The van der Waals surface area contributed by atoms with E-state index in [0.29, 0.717) is 11.3 Å². The average molecular weight is 332 g/mol. The summed E-state index contributed by atoms with van der Waals surface area (Å²) >= 11 is -0.0415. The van der Waals surface area contributed by atoms with Gasteiger partial charge in [-0.3, -0.25) is 0 Å². The van der Waals surface area contributed by atoms with Crippen LogP contribution in [0.25, 0.3) is 11.0 Å². The summed E-state index contributed by atoms with van der Waals surface area (Å²) in [6.07, 6.45) is 0.264. The van der Waals surface area contributed by atoms with Crippen molar-refractivity contribution >= 4 is 22.7 Å². The van der Waals surface area contributed by atoms with Crippen molar-refractivity contribution in [2.24, 2.45) is 0 Å². The number of fused-ring (bicyclic) bond motifs is 1. The molecule has 0 saturated carbocycles. The number of hydrogen-bond acceptors (Lipinski definition) is 4. The standard InChI is InChI=1S/C15H15F3O3S/c1-9-7-14(19)21-13-8-11(3-4-12(9)13)20-6-5-10(2)22-15(16,17)18/h3-4,7-8,10H,5-6H2,1-2H3. The minimum Gasteiger partial charge on any atom is -0.493 e. The maximum absolute atomic E-state index is 12.2. The Hall–Kier alpha value is -1.63. The van der Waals surface area contributed by atoms with Crippen molar-refractivity contribution in [1.29, 1.82) is 0 Å². The van der Waals surface area contributed by atoms with Crippen molar-refractivity contribution in [3.63, 3.8) is 0 Å². The van der Waals surface area contributed by atoms with Crippen LogP contribution in [0.1, 0.15) is 18.9 Å². The molecule has 3 nitrogen and oxygen atoms in total. The Bertz CT molecular complexity index is 709. The Kier molecular flexibility index (Phi) is 5.05.